The van der Waals surface area contributed by atoms with Crippen LogP contribution >= 0.6 is 27.3 Å². The quantitative estimate of drug-likeness (QED) is 0.754. The molecule has 0 aliphatic carbocycles. The Hall–Kier alpha value is 0.0200. The SMILES string of the molecule is CCC(N)C(c1cc(Br)cs1)N(C)CC(O)COC. The van der Waals surface area contributed by atoms with Crippen LogP contribution in [0.25, 0.3) is 0 Å². The third-order valence-electron chi connectivity index (χ3n) is 3.09. The molecule has 1 rings (SSSR count). The standard InChI is InChI=1S/C13H23BrN2O2S/c1-4-11(15)13(12-5-9(14)8-19-12)16(2)6-10(17)7-18-3/h5,8,10-11,13,17H,4,6-7,15H2,1-3H3. The summed E-state index contributed by atoms with van der Waals surface area (Å²) in [5.41, 5.74) is 6.25. The zero-order valence-electron chi connectivity index (χ0n) is 11.7. The van der Waals surface area contributed by atoms with Crippen LogP contribution in [-0.4, -0.2) is 49.5 Å². The number of nitrogens with zero attached hydrogens (tertiary/aromatic N) is 1. The van der Waals surface area contributed by atoms with Crippen LogP contribution in [0.4, 0.5) is 0 Å². The number of aliphatic hydroxyl groups excluding tert-OH is 1. The number of aliphatic hydroxyl groups is 1. The van der Waals surface area contributed by atoms with Crippen LogP contribution in [-0.2, 0) is 4.74 Å². The van der Waals surface area contributed by atoms with Crippen molar-refractivity contribution in [2.24, 2.45) is 5.73 Å². The minimum Gasteiger partial charge on any atom is -0.389 e. The summed E-state index contributed by atoms with van der Waals surface area (Å²) < 4.78 is 6.04. The van der Waals surface area contributed by atoms with Crippen molar-refractivity contribution < 1.29 is 9.84 Å². The number of rotatable bonds is 8. The molecule has 0 saturated heterocycles. The van der Waals surface area contributed by atoms with Gasteiger partial charge in [0.05, 0.1) is 18.8 Å². The molecule has 0 spiro atoms. The summed E-state index contributed by atoms with van der Waals surface area (Å²) in [6, 6.07) is 2.27. The first-order chi connectivity index (χ1) is 8.99. The molecule has 1 aromatic rings. The van der Waals surface area contributed by atoms with Gasteiger partial charge in [0.2, 0.25) is 0 Å². The molecular formula is C13H23BrN2O2S. The van der Waals surface area contributed by atoms with Crippen molar-refractivity contribution in [3.63, 3.8) is 0 Å². The number of likely N-dealkylation sites (N-methyl/N-ethyl adjacent to an activating group) is 1. The first-order valence-corrected chi connectivity index (χ1v) is 8.03. The third-order valence-corrected chi connectivity index (χ3v) is 4.85. The lowest BCUT2D eigenvalue weighted by Crippen LogP contribution is -2.42. The van der Waals surface area contributed by atoms with Gasteiger partial charge in [0.1, 0.15) is 0 Å². The average molecular weight is 351 g/mol. The van der Waals surface area contributed by atoms with E-state index in [4.69, 9.17) is 10.5 Å². The third kappa shape index (κ3) is 5.13. The highest BCUT2D eigenvalue weighted by Crippen LogP contribution is 2.31. The van der Waals surface area contributed by atoms with Gasteiger partial charge < -0.3 is 15.6 Å². The highest BCUT2D eigenvalue weighted by Gasteiger charge is 2.26. The first-order valence-electron chi connectivity index (χ1n) is 6.36. The van der Waals surface area contributed by atoms with Gasteiger partial charge in [-0.3, -0.25) is 4.90 Å². The predicted molar refractivity (Wildman–Crippen MR) is 83.5 cm³/mol. The summed E-state index contributed by atoms with van der Waals surface area (Å²) in [6.45, 7) is 2.97. The Morgan fingerprint density at radius 2 is 2.26 bits per heavy atom. The molecule has 1 aromatic heterocycles. The van der Waals surface area contributed by atoms with E-state index in [9.17, 15) is 5.11 Å². The van der Waals surface area contributed by atoms with Crippen LogP contribution in [0.5, 0.6) is 0 Å². The Labute approximate surface area is 127 Å². The van der Waals surface area contributed by atoms with Gasteiger partial charge in [-0.1, -0.05) is 6.92 Å². The fraction of sp³-hybridized carbons (Fsp3) is 0.692. The number of hydrogen-bond donors (Lipinski definition) is 2. The summed E-state index contributed by atoms with van der Waals surface area (Å²) in [4.78, 5) is 3.32. The number of methoxy groups -OCH3 is 1. The highest BCUT2D eigenvalue weighted by atomic mass is 79.9. The Morgan fingerprint density at radius 3 is 2.74 bits per heavy atom. The smallest absolute Gasteiger partial charge is 0.0900 e. The molecule has 3 N–H and O–H groups in total. The molecule has 0 aliphatic rings. The summed E-state index contributed by atoms with van der Waals surface area (Å²) in [5.74, 6) is 0. The van der Waals surface area contributed by atoms with Gasteiger partial charge in [-0.15, -0.1) is 11.3 Å². The van der Waals surface area contributed by atoms with E-state index in [2.05, 4.69) is 39.2 Å². The predicted octanol–water partition coefficient (Wildman–Crippen LogP) is 2.23. The van der Waals surface area contributed by atoms with E-state index in [0.717, 1.165) is 10.9 Å². The zero-order chi connectivity index (χ0) is 14.4. The molecule has 0 saturated carbocycles. The fourth-order valence-corrected chi connectivity index (χ4v) is 3.84. The van der Waals surface area contributed by atoms with E-state index in [-0.39, 0.29) is 12.1 Å². The Bertz CT molecular complexity index is 375. The van der Waals surface area contributed by atoms with E-state index in [1.807, 2.05) is 7.05 Å². The lowest BCUT2D eigenvalue weighted by molar-refractivity contribution is 0.0313. The normalized spacial score (nSPS) is 16.6. The Balaban J connectivity index is 2.79. The average Bonchev–Trinajstić information content (AvgIpc) is 2.75. The van der Waals surface area contributed by atoms with E-state index >= 15 is 0 Å². The molecule has 3 unspecified atom stereocenters. The van der Waals surface area contributed by atoms with Gasteiger partial charge in [0.25, 0.3) is 0 Å². The van der Waals surface area contributed by atoms with E-state index in [1.54, 1.807) is 18.4 Å². The molecule has 3 atom stereocenters. The molecule has 0 bridgehead atoms. The van der Waals surface area contributed by atoms with E-state index in [1.165, 1.54) is 4.88 Å². The minimum atomic E-state index is -0.495. The lowest BCUT2D eigenvalue weighted by atomic mass is 10.0. The fourth-order valence-electron chi connectivity index (χ4n) is 2.15. The maximum Gasteiger partial charge on any atom is 0.0900 e. The largest absolute Gasteiger partial charge is 0.389 e. The van der Waals surface area contributed by atoms with Gasteiger partial charge in [-0.2, -0.15) is 0 Å². The van der Waals surface area contributed by atoms with Crippen LogP contribution in [0.2, 0.25) is 0 Å². The molecule has 0 amide bonds. The summed E-state index contributed by atoms with van der Waals surface area (Å²) >= 11 is 5.17. The second kappa shape index (κ2) is 8.34. The molecule has 0 fully saturated rings. The second-order valence-electron chi connectivity index (χ2n) is 4.73. The molecule has 19 heavy (non-hydrogen) atoms. The van der Waals surface area contributed by atoms with Gasteiger partial charge in [0, 0.05) is 34.4 Å². The van der Waals surface area contributed by atoms with Crippen LogP contribution in [0.1, 0.15) is 24.3 Å². The topological polar surface area (TPSA) is 58.7 Å². The van der Waals surface area contributed by atoms with Crippen molar-refractivity contribution >= 4 is 27.3 Å². The molecule has 1 heterocycles. The number of nitrogens with two attached hydrogens (primary N) is 1. The molecular weight excluding hydrogens is 328 g/mol. The van der Waals surface area contributed by atoms with Gasteiger partial charge in [0.15, 0.2) is 0 Å². The van der Waals surface area contributed by atoms with Crippen molar-refractivity contribution in [3.8, 4) is 0 Å². The van der Waals surface area contributed by atoms with Crippen LogP contribution in [0.15, 0.2) is 15.9 Å². The monoisotopic (exact) mass is 350 g/mol. The van der Waals surface area contributed by atoms with Crippen molar-refractivity contribution in [1.82, 2.24) is 4.90 Å². The summed E-state index contributed by atoms with van der Waals surface area (Å²) in [7, 11) is 3.58. The Morgan fingerprint density at radius 1 is 1.58 bits per heavy atom. The van der Waals surface area contributed by atoms with E-state index in [0.29, 0.717) is 13.2 Å². The first kappa shape index (κ1) is 17.1. The van der Waals surface area contributed by atoms with Crippen molar-refractivity contribution in [2.75, 3.05) is 27.3 Å². The van der Waals surface area contributed by atoms with Crippen LogP contribution < -0.4 is 5.73 Å². The highest BCUT2D eigenvalue weighted by molar-refractivity contribution is 9.10. The molecule has 0 aromatic carbocycles. The molecule has 0 aliphatic heterocycles. The van der Waals surface area contributed by atoms with Crippen LogP contribution in [0, 0.1) is 0 Å². The number of thiophene rings is 1. The number of ether oxygens (including phenoxy) is 1. The number of hydrogen-bond acceptors (Lipinski definition) is 5. The summed E-state index contributed by atoms with van der Waals surface area (Å²) in [5, 5.41) is 11.9. The van der Waals surface area contributed by atoms with E-state index < -0.39 is 6.10 Å². The second-order valence-corrected chi connectivity index (χ2v) is 6.59. The Kier molecular flexibility index (Phi) is 7.49. The molecule has 4 nitrogen and oxygen atoms in total. The van der Waals surface area contributed by atoms with Crippen molar-refractivity contribution in [2.45, 2.75) is 31.5 Å². The lowest BCUT2D eigenvalue weighted by Gasteiger charge is -2.32. The molecule has 0 radical (unpaired) electrons. The van der Waals surface area contributed by atoms with Gasteiger partial charge in [-0.05, 0) is 35.5 Å². The zero-order valence-corrected chi connectivity index (χ0v) is 14.1. The minimum absolute atomic E-state index is 0.0466. The van der Waals surface area contributed by atoms with Crippen LogP contribution in [0.3, 0.4) is 0 Å². The van der Waals surface area contributed by atoms with Crippen molar-refractivity contribution in [3.05, 3.63) is 20.8 Å². The molecule has 110 valence electrons. The molecule has 6 heteroatoms. The maximum atomic E-state index is 9.86. The van der Waals surface area contributed by atoms with Crippen molar-refractivity contribution in [1.29, 1.82) is 0 Å². The van der Waals surface area contributed by atoms with Gasteiger partial charge in [-0.25, -0.2) is 0 Å². The summed E-state index contributed by atoms with van der Waals surface area (Å²) in [6.07, 6.45) is 0.398. The number of halogens is 1. The van der Waals surface area contributed by atoms with Gasteiger partial charge >= 0.3 is 0 Å². The maximum absolute atomic E-state index is 9.86.